The molecule has 0 aliphatic carbocycles. The van der Waals surface area contributed by atoms with Gasteiger partial charge in [0.1, 0.15) is 17.4 Å². The van der Waals surface area contributed by atoms with E-state index < -0.39 is 6.61 Å². The lowest BCUT2D eigenvalue weighted by atomic mass is 10.1. The Bertz CT molecular complexity index is 495. The summed E-state index contributed by atoms with van der Waals surface area (Å²) in [5, 5.41) is 8.97. The number of nitrogens with two attached hydrogens (primary N) is 1. The number of nitrogens with zero attached hydrogens (tertiary/aromatic N) is 3. The molecule has 96 valence electrons. The normalized spacial score (nSPS) is 10.7. The first-order valence-corrected chi connectivity index (χ1v) is 4.93. The number of ether oxygens (including phenoxy) is 1. The second-order valence-corrected chi connectivity index (χ2v) is 3.61. The van der Waals surface area contributed by atoms with Crippen LogP contribution in [0.15, 0.2) is 17.1 Å². The van der Waals surface area contributed by atoms with E-state index in [0.29, 0.717) is 0 Å². The molecule has 2 N–H and O–H groups in total. The van der Waals surface area contributed by atoms with E-state index in [-0.39, 0.29) is 22.7 Å². The van der Waals surface area contributed by atoms with Gasteiger partial charge in [-0.05, 0) is 6.07 Å². The van der Waals surface area contributed by atoms with Crippen molar-refractivity contribution in [2.24, 2.45) is 4.99 Å². The minimum atomic E-state index is -3.02. The summed E-state index contributed by atoms with van der Waals surface area (Å²) in [5.74, 6) is -0.279. The summed E-state index contributed by atoms with van der Waals surface area (Å²) in [6.45, 7) is -3.02. The second kappa shape index (κ2) is 5.82. The molecule has 0 radical (unpaired) electrons. The van der Waals surface area contributed by atoms with E-state index in [2.05, 4.69) is 9.73 Å². The second-order valence-electron chi connectivity index (χ2n) is 3.61. The van der Waals surface area contributed by atoms with Gasteiger partial charge in [0, 0.05) is 25.8 Å². The van der Waals surface area contributed by atoms with E-state index in [1.54, 1.807) is 25.1 Å². The van der Waals surface area contributed by atoms with Crippen molar-refractivity contribution in [1.29, 1.82) is 5.26 Å². The number of halogens is 2. The van der Waals surface area contributed by atoms with Gasteiger partial charge in [-0.15, -0.1) is 0 Å². The van der Waals surface area contributed by atoms with Crippen LogP contribution in [0.2, 0.25) is 0 Å². The van der Waals surface area contributed by atoms with Gasteiger partial charge in [-0.25, -0.2) is 4.99 Å². The van der Waals surface area contributed by atoms with Gasteiger partial charge in [-0.1, -0.05) is 0 Å². The quantitative estimate of drug-likeness (QED) is 0.506. The highest BCUT2D eigenvalue weighted by Crippen LogP contribution is 2.32. The smallest absolute Gasteiger partial charge is 0.387 e. The molecule has 7 heteroatoms. The molecule has 1 aromatic carbocycles. The van der Waals surface area contributed by atoms with E-state index in [4.69, 9.17) is 11.0 Å². The van der Waals surface area contributed by atoms with Gasteiger partial charge in [0.25, 0.3) is 0 Å². The van der Waals surface area contributed by atoms with Gasteiger partial charge in [0.05, 0.1) is 12.0 Å². The molecule has 0 atom stereocenters. The summed E-state index contributed by atoms with van der Waals surface area (Å²) in [6, 6.07) is 4.35. The molecule has 0 bridgehead atoms. The third-order valence-corrected chi connectivity index (χ3v) is 1.86. The van der Waals surface area contributed by atoms with Crippen molar-refractivity contribution in [3.8, 4) is 11.8 Å². The van der Waals surface area contributed by atoms with Crippen LogP contribution in [0.25, 0.3) is 0 Å². The maximum atomic E-state index is 12.2. The Labute approximate surface area is 103 Å². The summed E-state index contributed by atoms with van der Waals surface area (Å²) in [4.78, 5) is 5.62. The van der Waals surface area contributed by atoms with Crippen LogP contribution in [0.1, 0.15) is 5.56 Å². The Hall–Kier alpha value is -2.36. The third-order valence-electron chi connectivity index (χ3n) is 1.86. The van der Waals surface area contributed by atoms with Crippen molar-refractivity contribution in [3.63, 3.8) is 0 Å². The first-order valence-electron chi connectivity index (χ1n) is 4.93. The molecule has 0 saturated heterocycles. The summed E-state index contributed by atoms with van der Waals surface area (Å²) in [5.41, 5.74) is 5.83. The fourth-order valence-electron chi connectivity index (χ4n) is 1.20. The first-order chi connectivity index (χ1) is 8.43. The summed E-state index contributed by atoms with van der Waals surface area (Å²) in [7, 11) is 3.47. The molecule has 0 heterocycles. The standard InChI is InChI=1S/C11H12F2N4O/c1-17(2)6-16-9-3-7(15)4-10(8(9)5-14)18-11(12)13/h3-4,6,11H,15H2,1-2H3. The van der Waals surface area contributed by atoms with Crippen molar-refractivity contribution >= 4 is 17.7 Å². The maximum absolute atomic E-state index is 12.2. The number of nitriles is 1. The predicted molar refractivity (Wildman–Crippen MR) is 64.0 cm³/mol. The number of aliphatic imine (C=N–C) groups is 1. The van der Waals surface area contributed by atoms with Crippen molar-refractivity contribution in [2.75, 3.05) is 19.8 Å². The molecule has 0 aliphatic heterocycles. The Balaban J connectivity index is 3.25. The monoisotopic (exact) mass is 254 g/mol. The third kappa shape index (κ3) is 3.59. The number of nitrogen functional groups attached to an aromatic ring is 1. The molecule has 0 aromatic heterocycles. The molecule has 0 saturated carbocycles. The zero-order valence-electron chi connectivity index (χ0n) is 9.89. The van der Waals surface area contributed by atoms with E-state index in [1.165, 1.54) is 18.5 Å². The Morgan fingerprint density at radius 2 is 2.17 bits per heavy atom. The minimum Gasteiger partial charge on any atom is -0.433 e. The fraction of sp³-hybridized carbons (Fsp3) is 0.273. The number of hydrogen-bond donors (Lipinski definition) is 1. The van der Waals surface area contributed by atoms with Gasteiger partial charge >= 0.3 is 6.61 Å². The van der Waals surface area contributed by atoms with Crippen LogP contribution >= 0.6 is 0 Å². The van der Waals surface area contributed by atoms with Gasteiger partial charge in [0.15, 0.2) is 0 Å². The first kappa shape index (κ1) is 13.7. The lowest BCUT2D eigenvalue weighted by molar-refractivity contribution is -0.0499. The van der Waals surface area contributed by atoms with E-state index >= 15 is 0 Å². The zero-order chi connectivity index (χ0) is 13.7. The summed E-state index contributed by atoms with van der Waals surface area (Å²) in [6.07, 6.45) is 1.43. The molecule has 0 aliphatic rings. The van der Waals surface area contributed by atoms with Crippen LogP contribution in [0.5, 0.6) is 5.75 Å². The molecule has 0 spiro atoms. The minimum absolute atomic E-state index is 0.0809. The largest absolute Gasteiger partial charge is 0.433 e. The SMILES string of the molecule is CN(C)C=Nc1cc(N)cc(OC(F)F)c1C#N. The number of hydrogen-bond acceptors (Lipinski definition) is 4. The molecule has 0 fully saturated rings. The maximum Gasteiger partial charge on any atom is 0.387 e. The molecule has 1 aromatic rings. The Kier molecular flexibility index (Phi) is 4.43. The van der Waals surface area contributed by atoms with E-state index in [0.717, 1.165) is 0 Å². The molecule has 5 nitrogen and oxygen atoms in total. The topological polar surface area (TPSA) is 74.6 Å². The van der Waals surface area contributed by atoms with Crippen LogP contribution < -0.4 is 10.5 Å². The highest BCUT2D eigenvalue weighted by Gasteiger charge is 2.14. The van der Waals surface area contributed by atoms with Crippen LogP contribution in [-0.2, 0) is 0 Å². The molecule has 1 rings (SSSR count). The lowest BCUT2D eigenvalue weighted by Crippen LogP contribution is -2.07. The number of benzene rings is 1. The average Bonchev–Trinajstić information content (AvgIpc) is 2.25. The highest BCUT2D eigenvalue weighted by molar-refractivity contribution is 5.72. The number of alkyl halides is 2. The molecule has 0 unspecified atom stereocenters. The Morgan fingerprint density at radius 3 is 2.67 bits per heavy atom. The fourth-order valence-corrected chi connectivity index (χ4v) is 1.20. The van der Waals surface area contributed by atoms with Crippen LogP contribution in [-0.4, -0.2) is 31.9 Å². The van der Waals surface area contributed by atoms with Crippen molar-refractivity contribution in [2.45, 2.75) is 6.61 Å². The van der Waals surface area contributed by atoms with E-state index in [9.17, 15) is 8.78 Å². The molecular weight excluding hydrogens is 242 g/mol. The molecule has 0 amide bonds. The zero-order valence-corrected chi connectivity index (χ0v) is 9.89. The number of rotatable bonds is 4. The number of anilines is 1. The van der Waals surface area contributed by atoms with Crippen molar-refractivity contribution in [3.05, 3.63) is 17.7 Å². The summed E-state index contributed by atoms with van der Waals surface area (Å²) < 4.78 is 28.6. The van der Waals surface area contributed by atoms with Gasteiger partial charge in [0.2, 0.25) is 0 Å². The van der Waals surface area contributed by atoms with Gasteiger partial charge in [-0.3, -0.25) is 0 Å². The van der Waals surface area contributed by atoms with Crippen LogP contribution in [0.3, 0.4) is 0 Å². The van der Waals surface area contributed by atoms with Gasteiger partial charge < -0.3 is 15.4 Å². The van der Waals surface area contributed by atoms with Gasteiger partial charge in [-0.2, -0.15) is 14.0 Å². The van der Waals surface area contributed by atoms with Crippen molar-refractivity contribution < 1.29 is 13.5 Å². The highest BCUT2D eigenvalue weighted by atomic mass is 19.3. The van der Waals surface area contributed by atoms with Crippen molar-refractivity contribution in [1.82, 2.24) is 4.90 Å². The van der Waals surface area contributed by atoms with Crippen LogP contribution in [0.4, 0.5) is 20.2 Å². The Morgan fingerprint density at radius 1 is 1.50 bits per heavy atom. The predicted octanol–water partition coefficient (Wildman–Crippen LogP) is 1.96. The molecular formula is C11H12F2N4O. The average molecular weight is 254 g/mol. The molecule has 18 heavy (non-hydrogen) atoms. The van der Waals surface area contributed by atoms with E-state index in [1.807, 2.05) is 0 Å². The van der Waals surface area contributed by atoms with Crippen LogP contribution in [0, 0.1) is 11.3 Å². The lowest BCUT2D eigenvalue weighted by Gasteiger charge is -2.10. The summed E-state index contributed by atoms with van der Waals surface area (Å²) >= 11 is 0.